The molecule has 120 valence electrons. The first-order valence-corrected chi connectivity index (χ1v) is 7.91. The Hall–Kier alpha value is -2.28. The molecule has 7 heteroatoms. The van der Waals surface area contributed by atoms with Gasteiger partial charge in [-0.3, -0.25) is 4.98 Å². The number of rotatable bonds is 3. The van der Waals surface area contributed by atoms with E-state index in [9.17, 15) is 0 Å². The van der Waals surface area contributed by atoms with Gasteiger partial charge in [0.25, 0.3) is 0 Å². The molecule has 7 nitrogen and oxygen atoms in total. The molecule has 1 spiro atoms. The van der Waals surface area contributed by atoms with Crippen molar-refractivity contribution in [2.24, 2.45) is 0 Å². The zero-order valence-electron chi connectivity index (χ0n) is 13.2. The van der Waals surface area contributed by atoms with Gasteiger partial charge in [0.2, 0.25) is 5.95 Å². The van der Waals surface area contributed by atoms with Gasteiger partial charge in [0.05, 0.1) is 24.4 Å². The van der Waals surface area contributed by atoms with Gasteiger partial charge in [-0.1, -0.05) is 0 Å². The van der Waals surface area contributed by atoms with Crippen molar-refractivity contribution in [3.63, 3.8) is 0 Å². The second kappa shape index (κ2) is 5.73. The fourth-order valence-electron chi connectivity index (χ4n) is 3.48. The summed E-state index contributed by atoms with van der Waals surface area (Å²) in [4.78, 5) is 21.6. The van der Waals surface area contributed by atoms with Gasteiger partial charge < -0.3 is 14.5 Å². The molecule has 0 saturated carbocycles. The normalized spacial score (nSPS) is 26.8. The lowest BCUT2D eigenvalue weighted by atomic mass is 9.97. The highest BCUT2D eigenvalue weighted by atomic mass is 16.5. The summed E-state index contributed by atoms with van der Waals surface area (Å²) in [5.74, 6) is 1.68. The van der Waals surface area contributed by atoms with Crippen molar-refractivity contribution in [3.8, 4) is 0 Å². The smallest absolute Gasteiger partial charge is 0.225 e. The van der Waals surface area contributed by atoms with Crippen LogP contribution in [-0.2, 0) is 4.74 Å². The minimum atomic E-state index is -0.0920. The standard InChI is InChI=1S/C16H20N6O/c1-21(15-19-4-2-5-20-15)13-9-16(23-11-13)3-8-22(12-16)14-10-17-6-7-18-14/h2,4-7,10,13H,3,8-9,11-12H2,1H3/t13-,16+/m0/s1. The molecule has 4 rings (SSSR count). The highest BCUT2D eigenvalue weighted by Crippen LogP contribution is 2.38. The molecule has 0 amide bonds. The summed E-state index contributed by atoms with van der Waals surface area (Å²) in [6, 6.07) is 2.14. The molecule has 2 saturated heterocycles. The van der Waals surface area contributed by atoms with Crippen LogP contribution >= 0.6 is 0 Å². The summed E-state index contributed by atoms with van der Waals surface area (Å²) in [5, 5.41) is 0. The summed E-state index contributed by atoms with van der Waals surface area (Å²) in [5.41, 5.74) is -0.0920. The van der Waals surface area contributed by atoms with E-state index in [4.69, 9.17) is 4.74 Å². The first-order valence-electron chi connectivity index (χ1n) is 7.91. The van der Waals surface area contributed by atoms with Crippen LogP contribution in [0.3, 0.4) is 0 Å². The average molecular weight is 312 g/mol. The summed E-state index contributed by atoms with van der Waals surface area (Å²) >= 11 is 0. The first-order chi connectivity index (χ1) is 11.3. The second-order valence-corrected chi connectivity index (χ2v) is 6.25. The van der Waals surface area contributed by atoms with Gasteiger partial charge in [0.1, 0.15) is 5.82 Å². The maximum Gasteiger partial charge on any atom is 0.225 e. The van der Waals surface area contributed by atoms with Gasteiger partial charge in [-0.15, -0.1) is 0 Å². The quantitative estimate of drug-likeness (QED) is 0.842. The summed E-state index contributed by atoms with van der Waals surface area (Å²) in [6.45, 7) is 2.53. The van der Waals surface area contributed by atoms with Gasteiger partial charge in [-0.2, -0.15) is 0 Å². The van der Waals surface area contributed by atoms with Crippen molar-refractivity contribution in [2.45, 2.75) is 24.5 Å². The van der Waals surface area contributed by atoms with E-state index in [1.165, 1.54) is 0 Å². The van der Waals surface area contributed by atoms with Gasteiger partial charge in [0.15, 0.2) is 0 Å². The Balaban J connectivity index is 1.44. The van der Waals surface area contributed by atoms with Crippen molar-refractivity contribution < 1.29 is 4.74 Å². The number of anilines is 2. The van der Waals surface area contributed by atoms with Crippen LogP contribution < -0.4 is 9.80 Å². The number of nitrogens with zero attached hydrogens (tertiary/aromatic N) is 6. The van der Waals surface area contributed by atoms with Crippen LogP contribution in [0.15, 0.2) is 37.1 Å². The van der Waals surface area contributed by atoms with Crippen LogP contribution in [-0.4, -0.2) is 58.3 Å². The van der Waals surface area contributed by atoms with Crippen LogP contribution in [0.4, 0.5) is 11.8 Å². The third-order valence-corrected chi connectivity index (χ3v) is 4.79. The first kappa shape index (κ1) is 14.3. The summed E-state index contributed by atoms with van der Waals surface area (Å²) in [6.07, 6.45) is 10.8. The fraction of sp³-hybridized carbons (Fsp3) is 0.500. The molecule has 0 N–H and O–H groups in total. The molecule has 0 bridgehead atoms. The minimum Gasteiger partial charge on any atom is -0.371 e. The number of ether oxygens (including phenoxy) is 1. The number of likely N-dealkylation sites (N-methyl/N-ethyl adjacent to an activating group) is 1. The van der Waals surface area contributed by atoms with Crippen LogP contribution in [0.2, 0.25) is 0 Å². The molecule has 2 aliphatic rings. The topological polar surface area (TPSA) is 67.3 Å². The average Bonchev–Trinajstić information content (AvgIpc) is 3.23. The Labute approximate surface area is 135 Å². The van der Waals surface area contributed by atoms with Crippen molar-refractivity contribution in [2.75, 3.05) is 36.5 Å². The third kappa shape index (κ3) is 2.72. The predicted molar refractivity (Wildman–Crippen MR) is 86.4 cm³/mol. The molecule has 4 heterocycles. The molecule has 2 fully saturated rings. The monoisotopic (exact) mass is 312 g/mol. The Morgan fingerprint density at radius 2 is 2.09 bits per heavy atom. The number of hydrogen-bond acceptors (Lipinski definition) is 7. The van der Waals surface area contributed by atoms with E-state index < -0.39 is 0 Å². The second-order valence-electron chi connectivity index (χ2n) is 6.25. The highest BCUT2D eigenvalue weighted by molar-refractivity contribution is 5.39. The van der Waals surface area contributed by atoms with E-state index in [2.05, 4.69) is 29.7 Å². The zero-order chi connectivity index (χ0) is 15.7. The lowest BCUT2D eigenvalue weighted by Crippen LogP contribution is -2.37. The van der Waals surface area contributed by atoms with E-state index in [-0.39, 0.29) is 5.60 Å². The molecule has 23 heavy (non-hydrogen) atoms. The maximum atomic E-state index is 6.22. The number of hydrogen-bond donors (Lipinski definition) is 0. The van der Waals surface area contributed by atoms with Crippen molar-refractivity contribution in [3.05, 3.63) is 37.1 Å². The summed E-state index contributed by atoms with van der Waals surface area (Å²) < 4.78 is 6.22. The fourth-order valence-corrected chi connectivity index (χ4v) is 3.48. The molecule has 2 aromatic rings. The van der Waals surface area contributed by atoms with Crippen molar-refractivity contribution >= 4 is 11.8 Å². The lowest BCUT2D eigenvalue weighted by Gasteiger charge is -2.26. The minimum absolute atomic E-state index is 0.0920. The molecule has 0 aromatic carbocycles. The Morgan fingerprint density at radius 1 is 1.22 bits per heavy atom. The van der Waals surface area contributed by atoms with E-state index in [1.807, 2.05) is 19.3 Å². The van der Waals surface area contributed by atoms with Gasteiger partial charge in [0, 0.05) is 51.3 Å². The zero-order valence-corrected chi connectivity index (χ0v) is 13.2. The molecular formula is C16H20N6O. The van der Waals surface area contributed by atoms with Gasteiger partial charge in [-0.05, 0) is 12.5 Å². The molecular weight excluding hydrogens is 292 g/mol. The summed E-state index contributed by atoms with van der Waals surface area (Å²) in [7, 11) is 2.04. The largest absolute Gasteiger partial charge is 0.371 e. The Kier molecular flexibility index (Phi) is 3.57. The highest BCUT2D eigenvalue weighted by Gasteiger charge is 2.47. The van der Waals surface area contributed by atoms with Crippen LogP contribution in [0.1, 0.15) is 12.8 Å². The molecule has 2 aromatic heterocycles. The molecule has 0 unspecified atom stereocenters. The number of aromatic nitrogens is 4. The molecule has 2 aliphatic heterocycles. The van der Waals surface area contributed by atoms with Crippen LogP contribution in [0, 0.1) is 0 Å². The predicted octanol–water partition coefficient (Wildman–Crippen LogP) is 1.14. The van der Waals surface area contributed by atoms with Crippen LogP contribution in [0.25, 0.3) is 0 Å². The molecule has 2 atom stereocenters. The van der Waals surface area contributed by atoms with Crippen molar-refractivity contribution in [1.29, 1.82) is 0 Å². The maximum absolute atomic E-state index is 6.22. The van der Waals surface area contributed by atoms with Crippen LogP contribution in [0.5, 0.6) is 0 Å². The SMILES string of the molecule is CN(c1ncccn1)[C@@H]1CO[C@]2(CCN(c3cnccn3)C2)C1. The Morgan fingerprint density at radius 3 is 2.87 bits per heavy atom. The van der Waals surface area contributed by atoms with Crippen molar-refractivity contribution in [1.82, 2.24) is 19.9 Å². The Bertz CT molecular complexity index is 654. The lowest BCUT2D eigenvalue weighted by molar-refractivity contribution is 0.0226. The van der Waals surface area contributed by atoms with Gasteiger partial charge >= 0.3 is 0 Å². The van der Waals surface area contributed by atoms with Gasteiger partial charge in [-0.25, -0.2) is 15.0 Å². The van der Waals surface area contributed by atoms with E-state index >= 15 is 0 Å². The molecule has 0 aliphatic carbocycles. The van der Waals surface area contributed by atoms with E-state index in [0.717, 1.165) is 37.7 Å². The third-order valence-electron chi connectivity index (χ3n) is 4.79. The molecule has 0 radical (unpaired) electrons. The van der Waals surface area contributed by atoms with E-state index in [1.54, 1.807) is 24.8 Å². The van der Waals surface area contributed by atoms with E-state index in [0.29, 0.717) is 12.6 Å².